The second kappa shape index (κ2) is 11.5. The summed E-state index contributed by atoms with van der Waals surface area (Å²) < 4.78 is 29.7. The van der Waals surface area contributed by atoms with Gasteiger partial charge in [-0.3, -0.25) is 9.59 Å². The van der Waals surface area contributed by atoms with Gasteiger partial charge < -0.3 is 24.4 Å². The van der Waals surface area contributed by atoms with E-state index in [9.17, 15) is 14.0 Å². The van der Waals surface area contributed by atoms with Gasteiger partial charge in [-0.2, -0.15) is 0 Å². The molecule has 1 aliphatic heterocycles. The lowest BCUT2D eigenvalue weighted by Gasteiger charge is -2.21. The number of carbonyl (C=O) groups excluding carboxylic acids is 2. The first-order valence-electron chi connectivity index (χ1n) is 11.7. The molecule has 1 fully saturated rings. The van der Waals surface area contributed by atoms with Gasteiger partial charge in [-0.1, -0.05) is 29.8 Å². The summed E-state index contributed by atoms with van der Waals surface area (Å²) in [5.74, 6) is -0.307. The molecule has 3 aromatic carbocycles. The zero-order valence-corrected chi connectivity index (χ0v) is 21.5. The number of halogens is 2. The SMILES string of the molecule is COc1cc([C@@H]2CN(C(=O)c3cccc(Cl)c3)C[C@H]2C(=O)NCc2ccc(F)cc2)cc(OC)c1OC. The molecule has 0 aromatic heterocycles. The first kappa shape index (κ1) is 26.3. The molecule has 2 amide bonds. The van der Waals surface area contributed by atoms with Gasteiger partial charge in [0.2, 0.25) is 11.7 Å². The molecule has 7 nitrogen and oxygen atoms in total. The van der Waals surface area contributed by atoms with Crippen molar-refractivity contribution in [1.82, 2.24) is 10.2 Å². The maximum Gasteiger partial charge on any atom is 0.253 e. The lowest BCUT2D eigenvalue weighted by atomic mass is 9.87. The molecule has 194 valence electrons. The third-order valence-electron chi connectivity index (χ3n) is 6.51. The Morgan fingerprint density at radius 1 is 0.973 bits per heavy atom. The van der Waals surface area contributed by atoms with Crippen molar-refractivity contribution >= 4 is 23.4 Å². The summed E-state index contributed by atoms with van der Waals surface area (Å²) >= 11 is 6.11. The molecule has 0 radical (unpaired) electrons. The van der Waals surface area contributed by atoms with E-state index in [0.29, 0.717) is 34.4 Å². The van der Waals surface area contributed by atoms with Crippen LogP contribution in [-0.2, 0) is 11.3 Å². The minimum absolute atomic E-state index is 0.210. The molecule has 1 heterocycles. The van der Waals surface area contributed by atoms with Crippen LogP contribution in [0.5, 0.6) is 17.2 Å². The van der Waals surface area contributed by atoms with E-state index in [0.717, 1.165) is 11.1 Å². The van der Waals surface area contributed by atoms with Crippen LogP contribution in [0.3, 0.4) is 0 Å². The number of ether oxygens (including phenoxy) is 3. The summed E-state index contributed by atoms with van der Waals surface area (Å²) in [7, 11) is 4.57. The van der Waals surface area contributed by atoms with E-state index >= 15 is 0 Å². The van der Waals surface area contributed by atoms with Crippen molar-refractivity contribution in [2.24, 2.45) is 5.92 Å². The van der Waals surface area contributed by atoms with E-state index in [2.05, 4.69) is 5.32 Å². The third-order valence-corrected chi connectivity index (χ3v) is 6.75. The third kappa shape index (κ3) is 5.80. The molecule has 2 atom stereocenters. The van der Waals surface area contributed by atoms with Crippen LogP contribution in [-0.4, -0.2) is 51.1 Å². The van der Waals surface area contributed by atoms with E-state index in [1.54, 1.807) is 53.4 Å². The largest absolute Gasteiger partial charge is 0.493 e. The zero-order chi connectivity index (χ0) is 26.5. The second-order valence-corrected chi connectivity index (χ2v) is 9.17. The molecule has 0 spiro atoms. The maximum atomic E-state index is 13.4. The van der Waals surface area contributed by atoms with Gasteiger partial charge in [0.15, 0.2) is 11.5 Å². The average Bonchev–Trinajstić information content (AvgIpc) is 3.37. The van der Waals surface area contributed by atoms with Gasteiger partial charge in [-0.25, -0.2) is 4.39 Å². The van der Waals surface area contributed by atoms with E-state index < -0.39 is 5.92 Å². The van der Waals surface area contributed by atoms with Gasteiger partial charge in [0, 0.05) is 36.1 Å². The topological polar surface area (TPSA) is 77.1 Å². The number of rotatable bonds is 8. The van der Waals surface area contributed by atoms with Gasteiger partial charge in [0.1, 0.15) is 5.82 Å². The van der Waals surface area contributed by atoms with Gasteiger partial charge in [-0.15, -0.1) is 0 Å². The number of likely N-dealkylation sites (tertiary alicyclic amines) is 1. The van der Waals surface area contributed by atoms with Crippen LogP contribution in [0.2, 0.25) is 5.02 Å². The molecule has 1 N–H and O–H groups in total. The standard InChI is InChI=1S/C28H28ClFN2O5/c1-35-24-12-19(13-25(36-2)26(24)37-3)22-15-32(28(34)18-5-4-6-20(29)11-18)16-23(22)27(33)31-14-17-7-9-21(30)10-8-17/h4-13,22-23H,14-16H2,1-3H3,(H,31,33)/t22-,23+/m0/s1. The van der Waals surface area contributed by atoms with Crippen LogP contribution in [0.15, 0.2) is 60.7 Å². The highest BCUT2D eigenvalue weighted by Crippen LogP contribution is 2.43. The number of methoxy groups -OCH3 is 3. The fraction of sp³-hybridized carbons (Fsp3) is 0.286. The van der Waals surface area contributed by atoms with E-state index in [-0.39, 0.29) is 36.6 Å². The number of nitrogens with one attached hydrogen (secondary N) is 1. The van der Waals surface area contributed by atoms with Gasteiger partial charge in [0.25, 0.3) is 5.91 Å². The molecule has 37 heavy (non-hydrogen) atoms. The fourth-order valence-corrected chi connectivity index (χ4v) is 4.81. The Kier molecular flexibility index (Phi) is 8.18. The second-order valence-electron chi connectivity index (χ2n) is 8.74. The minimum Gasteiger partial charge on any atom is -0.493 e. The number of hydrogen-bond donors (Lipinski definition) is 1. The van der Waals surface area contributed by atoms with Crippen molar-refractivity contribution in [1.29, 1.82) is 0 Å². The number of nitrogens with zero attached hydrogens (tertiary/aromatic N) is 1. The van der Waals surface area contributed by atoms with Gasteiger partial charge in [-0.05, 0) is 53.6 Å². The normalized spacial score (nSPS) is 16.8. The first-order chi connectivity index (χ1) is 17.8. The Labute approximate surface area is 220 Å². The molecule has 4 rings (SSSR count). The summed E-state index contributed by atoms with van der Waals surface area (Å²) in [6.45, 7) is 0.750. The summed E-state index contributed by atoms with van der Waals surface area (Å²) in [5, 5.41) is 3.40. The molecular weight excluding hydrogens is 499 g/mol. The highest BCUT2D eigenvalue weighted by Gasteiger charge is 2.41. The van der Waals surface area contributed by atoms with Crippen LogP contribution >= 0.6 is 11.6 Å². The molecule has 3 aromatic rings. The van der Waals surface area contributed by atoms with E-state index in [1.165, 1.54) is 33.5 Å². The number of carbonyl (C=O) groups is 2. The predicted molar refractivity (Wildman–Crippen MR) is 138 cm³/mol. The summed E-state index contributed by atoms with van der Waals surface area (Å²) in [6, 6.07) is 16.3. The molecule has 0 bridgehead atoms. The Morgan fingerprint density at radius 2 is 1.65 bits per heavy atom. The smallest absolute Gasteiger partial charge is 0.253 e. The molecule has 9 heteroatoms. The summed E-state index contributed by atoms with van der Waals surface area (Å²) in [6.07, 6.45) is 0. The quantitative estimate of drug-likeness (QED) is 0.461. The van der Waals surface area contributed by atoms with Crippen molar-refractivity contribution in [3.63, 3.8) is 0 Å². The van der Waals surface area contributed by atoms with Crippen LogP contribution in [0.1, 0.15) is 27.4 Å². The van der Waals surface area contributed by atoms with Crippen molar-refractivity contribution in [3.05, 3.63) is 88.2 Å². The summed E-state index contributed by atoms with van der Waals surface area (Å²) in [4.78, 5) is 28.4. The molecule has 0 unspecified atom stereocenters. The lowest BCUT2D eigenvalue weighted by Crippen LogP contribution is -2.35. The average molecular weight is 527 g/mol. The first-order valence-corrected chi connectivity index (χ1v) is 12.1. The molecule has 1 saturated heterocycles. The van der Waals surface area contributed by atoms with Crippen LogP contribution in [0, 0.1) is 11.7 Å². The zero-order valence-electron chi connectivity index (χ0n) is 20.8. The van der Waals surface area contributed by atoms with Crippen molar-refractivity contribution in [2.45, 2.75) is 12.5 Å². The van der Waals surface area contributed by atoms with Crippen molar-refractivity contribution in [3.8, 4) is 17.2 Å². The monoisotopic (exact) mass is 526 g/mol. The molecular formula is C28H28ClFN2O5. The van der Waals surface area contributed by atoms with Gasteiger partial charge in [0.05, 0.1) is 27.2 Å². The Bertz CT molecular complexity index is 1260. The number of benzene rings is 3. The van der Waals surface area contributed by atoms with Crippen molar-refractivity contribution in [2.75, 3.05) is 34.4 Å². The fourth-order valence-electron chi connectivity index (χ4n) is 4.62. The highest BCUT2D eigenvalue weighted by atomic mass is 35.5. The number of amides is 2. The molecule has 0 saturated carbocycles. The predicted octanol–water partition coefficient (Wildman–Crippen LogP) is 4.68. The van der Waals surface area contributed by atoms with E-state index in [4.69, 9.17) is 25.8 Å². The maximum absolute atomic E-state index is 13.4. The minimum atomic E-state index is -0.550. The highest BCUT2D eigenvalue weighted by molar-refractivity contribution is 6.31. The molecule has 0 aliphatic carbocycles. The van der Waals surface area contributed by atoms with Crippen molar-refractivity contribution < 1.29 is 28.2 Å². The Balaban J connectivity index is 1.65. The number of hydrogen-bond acceptors (Lipinski definition) is 5. The van der Waals surface area contributed by atoms with Gasteiger partial charge >= 0.3 is 0 Å². The Hall–Kier alpha value is -3.78. The summed E-state index contributed by atoms with van der Waals surface area (Å²) in [5.41, 5.74) is 1.99. The lowest BCUT2D eigenvalue weighted by molar-refractivity contribution is -0.125. The van der Waals surface area contributed by atoms with E-state index in [1.807, 2.05) is 0 Å². The van der Waals surface area contributed by atoms with Crippen LogP contribution < -0.4 is 19.5 Å². The van der Waals surface area contributed by atoms with Crippen LogP contribution in [0.4, 0.5) is 4.39 Å². The van der Waals surface area contributed by atoms with Crippen LogP contribution in [0.25, 0.3) is 0 Å². The molecule has 1 aliphatic rings. The Morgan fingerprint density at radius 3 is 2.24 bits per heavy atom.